The van der Waals surface area contributed by atoms with Crippen LogP contribution in [0.2, 0.25) is 0 Å². The molecule has 0 spiro atoms. The van der Waals surface area contributed by atoms with Gasteiger partial charge in [-0.2, -0.15) is 0 Å². The summed E-state index contributed by atoms with van der Waals surface area (Å²) in [6.45, 7) is 10.6. The van der Waals surface area contributed by atoms with Gasteiger partial charge in [-0.05, 0) is 92.9 Å². The van der Waals surface area contributed by atoms with E-state index in [1.807, 2.05) is 44.3 Å². The van der Waals surface area contributed by atoms with Crippen LogP contribution in [-0.2, 0) is 14.3 Å². The van der Waals surface area contributed by atoms with Crippen LogP contribution in [0.3, 0.4) is 0 Å². The smallest absolute Gasteiger partial charge is 0.302 e. The van der Waals surface area contributed by atoms with Crippen LogP contribution in [0, 0.1) is 34.0 Å². The molecule has 0 aliphatic heterocycles. The van der Waals surface area contributed by atoms with Gasteiger partial charge >= 0.3 is 5.97 Å². The molecule has 0 saturated heterocycles. The van der Waals surface area contributed by atoms with Crippen LogP contribution in [0.15, 0.2) is 53.6 Å². The van der Waals surface area contributed by atoms with E-state index in [0.717, 1.165) is 44.8 Å². The summed E-state index contributed by atoms with van der Waals surface area (Å²) in [5.41, 5.74) is 2.60. The Morgan fingerprint density at radius 1 is 1.05 bits per heavy atom. The summed E-state index contributed by atoms with van der Waals surface area (Å²) >= 11 is 0. The molecule has 5 rings (SSSR count). The highest BCUT2D eigenvalue weighted by Crippen LogP contribution is 2.68. The molecule has 2 fully saturated rings. The molecule has 1 aromatic rings. The molecule has 216 valence electrons. The Morgan fingerprint density at radius 2 is 1.75 bits per heavy atom. The molecule has 2 saturated carbocycles. The number of allylic oxidation sites excluding steroid dienone is 4. The van der Waals surface area contributed by atoms with Crippen molar-refractivity contribution in [1.82, 2.24) is 10.6 Å². The highest BCUT2D eigenvalue weighted by Gasteiger charge is 2.65. The second kappa shape index (κ2) is 10.6. The molecule has 2 N–H and O–H groups in total. The van der Waals surface area contributed by atoms with E-state index in [0.29, 0.717) is 11.5 Å². The maximum Gasteiger partial charge on any atom is 0.302 e. The van der Waals surface area contributed by atoms with Crippen molar-refractivity contribution in [3.05, 3.63) is 59.2 Å². The van der Waals surface area contributed by atoms with Crippen LogP contribution in [0.5, 0.6) is 0 Å². The average Bonchev–Trinajstić information content (AvgIpc) is 3.04. The van der Waals surface area contributed by atoms with Crippen LogP contribution >= 0.6 is 0 Å². The maximum absolute atomic E-state index is 13.1. The fourth-order valence-corrected chi connectivity index (χ4v) is 9.22. The predicted molar refractivity (Wildman–Crippen MR) is 156 cm³/mol. The van der Waals surface area contributed by atoms with E-state index in [-0.39, 0.29) is 52.7 Å². The number of aldehydes is 1. The van der Waals surface area contributed by atoms with E-state index in [2.05, 4.69) is 43.6 Å². The number of amides is 1. The van der Waals surface area contributed by atoms with Crippen molar-refractivity contribution in [3.63, 3.8) is 0 Å². The zero-order valence-corrected chi connectivity index (χ0v) is 25.0. The van der Waals surface area contributed by atoms with Gasteiger partial charge in [-0.3, -0.25) is 9.59 Å². The molecular weight excluding hydrogens is 500 g/mol. The number of carbonyl (C=O) groups is 3. The molecule has 4 aliphatic rings. The number of nitrogens with one attached hydrogen (secondary N) is 2. The molecule has 0 aromatic heterocycles. The van der Waals surface area contributed by atoms with E-state index >= 15 is 0 Å². The zero-order chi connectivity index (χ0) is 28.9. The Labute approximate surface area is 239 Å². The molecule has 6 heteroatoms. The van der Waals surface area contributed by atoms with Crippen LogP contribution in [-0.4, -0.2) is 43.4 Å². The first-order valence-corrected chi connectivity index (χ1v) is 15.1. The average molecular weight is 547 g/mol. The summed E-state index contributed by atoms with van der Waals surface area (Å²) in [5.74, 6) is 0.284. The third-order valence-corrected chi connectivity index (χ3v) is 11.7. The topological polar surface area (TPSA) is 84.5 Å². The van der Waals surface area contributed by atoms with Gasteiger partial charge < -0.3 is 20.2 Å². The van der Waals surface area contributed by atoms with Gasteiger partial charge in [0.2, 0.25) is 0 Å². The summed E-state index contributed by atoms with van der Waals surface area (Å²) in [6.07, 6.45) is 11.1. The standard InChI is InChI=1S/C34H46N2O4/c1-21(35-6)30-28(40-22(2)38)19-34(5)27-14-13-26-24(18-25(27)16-17-33(30,34)4)12-15-29(32(26,3)20-37)36-31(39)23-10-8-7-9-11-23/h7-11,16,18,20-21,26-30,35H,12-15,17,19H2,1-6H3,(H,36,39). The molecule has 0 bridgehead atoms. The maximum atomic E-state index is 13.1. The zero-order valence-electron chi connectivity index (χ0n) is 25.0. The molecule has 4 aliphatic carbocycles. The largest absolute Gasteiger partial charge is 0.462 e. The third-order valence-electron chi connectivity index (χ3n) is 11.7. The van der Waals surface area contributed by atoms with E-state index in [1.165, 1.54) is 18.1 Å². The van der Waals surface area contributed by atoms with E-state index in [1.54, 1.807) is 0 Å². The van der Waals surface area contributed by atoms with Gasteiger partial charge in [0.25, 0.3) is 5.91 Å². The first kappa shape index (κ1) is 28.8. The minimum absolute atomic E-state index is 0.0299. The van der Waals surface area contributed by atoms with E-state index < -0.39 is 5.41 Å². The van der Waals surface area contributed by atoms with Crippen molar-refractivity contribution in [2.75, 3.05) is 7.05 Å². The minimum Gasteiger partial charge on any atom is -0.462 e. The normalized spacial score (nSPS) is 39.3. The van der Waals surface area contributed by atoms with E-state index in [9.17, 15) is 14.4 Å². The van der Waals surface area contributed by atoms with Crippen LogP contribution in [0.25, 0.3) is 0 Å². The SMILES string of the molecule is CNC(C)C1C(OC(C)=O)CC2(C)C3CCC4C(=CC3=CCC12C)CCC(NC(=O)c1ccccc1)C4(C)C=O. The Kier molecular flexibility index (Phi) is 7.62. The number of carbonyl (C=O) groups excluding carboxylic acids is 3. The fraction of sp³-hybridized carbons (Fsp3) is 0.618. The van der Waals surface area contributed by atoms with Gasteiger partial charge in [0.1, 0.15) is 12.4 Å². The highest BCUT2D eigenvalue weighted by molar-refractivity contribution is 5.94. The molecule has 1 aromatic carbocycles. The lowest BCUT2D eigenvalue weighted by Gasteiger charge is -2.53. The molecule has 0 radical (unpaired) electrons. The van der Waals surface area contributed by atoms with Crippen LogP contribution in [0.4, 0.5) is 0 Å². The number of ether oxygens (including phenoxy) is 1. The number of fused-ring (bicyclic) bond motifs is 4. The molecule has 1 amide bonds. The second-order valence-corrected chi connectivity index (χ2v) is 13.5. The van der Waals surface area contributed by atoms with Crippen molar-refractivity contribution >= 4 is 18.2 Å². The molecular formula is C34H46N2O4. The minimum atomic E-state index is -0.675. The molecule has 0 heterocycles. The van der Waals surface area contributed by atoms with Crippen molar-refractivity contribution in [2.45, 2.75) is 91.3 Å². The van der Waals surface area contributed by atoms with Crippen molar-refractivity contribution in [1.29, 1.82) is 0 Å². The van der Waals surface area contributed by atoms with E-state index in [4.69, 9.17) is 4.74 Å². The first-order chi connectivity index (χ1) is 19.0. The van der Waals surface area contributed by atoms with Gasteiger partial charge in [0, 0.05) is 35.9 Å². The number of benzene rings is 1. The summed E-state index contributed by atoms with van der Waals surface area (Å²) in [4.78, 5) is 38.1. The third kappa shape index (κ3) is 4.47. The number of hydrogen-bond donors (Lipinski definition) is 2. The quantitative estimate of drug-likeness (QED) is 0.356. The fourth-order valence-electron chi connectivity index (χ4n) is 9.22. The Morgan fingerprint density at radius 3 is 2.40 bits per heavy atom. The lowest BCUT2D eigenvalue weighted by atomic mass is 9.51. The van der Waals surface area contributed by atoms with Gasteiger partial charge in [-0.25, -0.2) is 0 Å². The van der Waals surface area contributed by atoms with Crippen molar-refractivity contribution < 1.29 is 19.1 Å². The van der Waals surface area contributed by atoms with Gasteiger partial charge in [-0.1, -0.05) is 56.7 Å². The summed E-state index contributed by atoms with van der Waals surface area (Å²) < 4.78 is 6.01. The summed E-state index contributed by atoms with van der Waals surface area (Å²) in [7, 11) is 1.99. The van der Waals surface area contributed by atoms with Gasteiger partial charge in [-0.15, -0.1) is 0 Å². The lowest BCUT2D eigenvalue weighted by molar-refractivity contribution is -0.149. The first-order valence-electron chi connectivity index (χ1n) is 15.1. The predicted octanol–water partition coefficient (Wildman–Crippen LogP) is 5.64. The molecule has 40 heavy (non-hydrogen) atoms. The number of esters is 1. The van der Waals surface area contributed by atoms with Crippen LogP contribution in [0.1, 0.15) is 83.5 Å². The van der Waals surface area contributed by atoms with Crippen molar-refractivity contribution in [3.8, 4) is 0 Å². The Balaban J connectivity index is 1.44. The highest BCUT2D eigenvalue weighted by atomic mass is 16.5. The molecule has 9 atom stereocenters. The van der Waals surface area contributed by atoms with Gasteiger partial charge in [0.05, 0.1) is 0 Å². The summed E-state index contributed by atoms with van der Waals surface area (Å²) in [5, 5.41) is 6.69. The Hall–Kier alpha value is -2.73. The van der Waals surface area contributed by atoms with Gasteiger partial charge in [0.15, 0.2) is 0 Å². The molecule has 9 unspecified atom stereocenters. The Bertz CT molecular complexity index is 1220. The summed E-state index contributed by atoms with van der Waals surface area (Å²) in [6, 6.07) is 9.25. The van der Waals surface area contributed by atoms with Crippen molar-refractivity contribution in [2.24, 2.45) is 34.0 Å². The monoisotopic (exact) mass is 546 g/mol. The lowest BCUT2D eigenvalue weighted by Crippen LogP contribution is -2.54. The molecule has 6 nitrogen and oxygen atoms in total. The number of rotatable bonds is 6. The second-order valence-electron chi connectivity index (χ2n) is 13.5. The number of hydrogen-bond acceptors (Lipinski definition) is 5. The van der Waals surface area contributed by atoms with Crippen LogP contribution < -0.4 is 10.6 Å².